The summed E-state index contributed by atoms with van der Waals surface area (Å²) in [5.74, 6) is -0.381. The van der Waals surface area contributed by atoms with Crippen molar-refractivity contribution in [3.63, 3.8) is 0 Å². The van der Waals surface area contributed by atoms with Gasteiger partial charge < -0.3 is 9.47 Å². The fourth-order valence-electron chi connectivity index (χ4n) is 4.27. The van der Waals surface area contributed by atoms with Crippen LogP contribution in [0, 0.1) is 11.3 Å². The molecule has 2 unspecified atom stereocenters. The Kier molecular flexibility index (Phi) is 9.45. The Bertz CT molecular complexity index is 1080. The zero-order valence-electron chi connectivity index (χ0n) is 21.3. The van der Waals surface area contributed by atoms with Gasteiger partial charge in [-0.25, -0.2) is 0 Å². The quantitative estimate of drug-likeness (QED) is 0.233. The molecule has 0 aliphatic heterocycles. The molecule has 0 amide bonds. The molecular weight excluding hydrogens is 521 g/mol. The van der Waals surface area contributed by atoms with Crippen LogP contribution in [0.25, 0.3) is 0 Å². The number of benzene rings is 2. The Morgan fingerprint density at radius 2 is 1.19 bits per heavy atom. The van der Waals surface area contributed by atoms with Gasteiger partial charge in [-0.1, -0.05) is 39.8 Å². The Labute approximate surface area is 213 Å². The molecule has 0 aliphatic rings. The maximum absolute atomic E-state index is 13.8. The van der Waals surface area contributed by atoms with E-state index in [2.05, 4.69) is 0 Å². The molecule has 0 saturated heterocycles. The first-order chi connectivity index (χ1) is 16.9. The monoisotopic (exact) mass is 550 g/mol. The van der Waals surface area contributed by atoms with Crippen LogP contribution in [0.2, 0.25) is 0 Å². The van der Waals surface area contributed by atoms with Crippen molar-refractivity contribution in [1.29, 1.82) is 0 Å². The number of alkyl halides is 6. The standard InChI is InChI=1S/C26H29F6O4P/c1-15(13-24(2,3)4)14-37(23(34)21-18(35-5)11-8-12-19(21)36-6)22(33)20-16(25(27,28)29)9-7-10-17(20)26(30,31)32/h7-12,15H,13-14H2,1-6H3. The highest BCUT2D eigenvalue weighted by molar-refractivity contribution is 7.90. The van der Waals surface area contributed by atoms with Crippen molar-refractivity contribution >= 4 is 19.0 Å². The fraction of sp³-hybridized carbons (Fsp3) is 0.462. The van der Waals surface area contributed by atoms with Gasteiger partial charge in [0.2, 0.25) is 0 Å². The van der Waals surface area contributed by atoms with Gasteiger partial charge in [0.1, 0.15) is 17.1 Å². The Hall–Kier alpha value is -2.61. The molecular formula is C26H29F6O4P. The molecule has 204 valence electrons. The predicted molar refractivity (Wildman–Crippen MR) is 130 cm³/mol. The summed E-state index contributed by atoms with van der Waals surface area (Å²) >= 11 is 0. The first-order valence-electron chi connectivity index (χ1n) is 11.3. The molecule has 0 N–H and O–H groups in total. The molecule has 0 aliphatic carbocycles. The average Bonchev–Trinajstić information content (AvgIpc) is 2.78. The molecule has 0 fully saturated rings. The summed E-state index contributed by atoms with van der Waals surface area (Å²) in [7, 11) is -0.239. The topological polar surface area (TPSA) is 52.6 Å². The van der Waals surface area contributed by atoms with Crippen molar-refractivity contribution in [2.24, 2.45) is 11.3 Å². The minimum absolute atomic E-state index is 0.00623. The molecule has 37 heavy (non-hydrogen) atoms. The molecule has 11 heteroatoms. The van der Waals surface area contributed by atoms with Crippen molar-refractivity contribution in [1.82, 2.24) is 0 Å². The second kappa shape index (κ2) is 11.4. The van der Waals surface area contributed by atoms with Crippen LogP contribution in [-0.2, 0) is 12.4 Å². The summed E-state index contributed by atoms with van der Waals surface area (Å²) in [5.41, 5.74) is -7.89. The normalized spacial score (nSPS) is 14.2. The summed E-state index contributed by atoms with van der Waals surface area (Å²) in [6.45, 7) is 7.42. The number of rotatable bonds is 9. The Morgan fingerprint density at radius 1 is 0.784 bits per heavy atom. The lowest BCUT2D eigenvalue weighted by molar-refractivity contribution is -0.143. The molecule has 0 radical (unpaired) electrons. The van der Waals surface area contributed by atoms with Gasteiger partial charge >= 0.3 is 12.4 Å². The van der Waals surface area contributed by atoms with Crippen molar-refractivity contribution in [2.45, 2.75) is 46.5 Å². The zero-order chi connectivity index (χ0) is 28.3. The van der Waals surface area contributed by atoms with Crippen molar-refractivity contribution in [3.05, 3.63) is 58.7 Å². The molecule has 2 aromatic rings. The van der Waals surface area contributed by atoms with Crippen LogP contribution in [0.15, 0.2) is 36.4 Å². The van der Waals surface area contributed by atoms with E-state index in [4.69, 9.17) is 9.47 Å². The largest absolute Gasteiger partial charge is 0.496 e. The van der Waals surface area contributed by atoms with E-state index in [1.54, 1.807) is 6.92 Å². The first-order valence-corrected chi connectivity index (χ1v) is 12.8. The minimum atomic E-state index is -5.25. The molecule has 2 rings (SSSR count). The lowest BCUT2D eigenvalue weighted by Gasteiger charge is -2.27. The summed E-state index contributed by atoms with van der Waals surface area (Å²) in [6.07, 6.45) is -10.2. The number of hydrogen-bond acceptors (Lipinski definition) is 4. The van der Waals surface area contributed by atoms with Crippen LogP contribution in [0.5, 0.6) is 11.5 Å². The van der Waals surface area contributed by atoms with Gasteiger partial charge in [-0.2, -0.15) is 26.3 Å². The Morgan fingerprint density at radius 3 is 1.57 bits per heavy atom. The lowest BCUT2D eigenvalue weighted by atomic mass is 9.86. The Balaban J connectivity index is 2.81. The molecule has 0 bridgehead atoms. The number of ether oxygens (including phenoxy) is 2. The molecule has 4 nitrogen and oxygen atoms in total. The summed E-state index contributed by atoms with van der Waals surface area (Å²) < 4.78 is 93.5. The van der Waals surface area contributed by atoms with Crippen LogP contribution in [0.4, 0.5) is 26.3 Å². The van der Waals surface area contributed by atoms with Gasteiger partial charge in [0.15, 0.2) is 11.0 Å². The predicted octanol–water partition coefficient (Wildman–Crippen LogP) is 8.28. The first kappa shape index (κ1) is 30.6. The second-order valence-electron chi connectivity index (χ2n) is 9.85. The molecule has 2 atom stereocenters. The minimum Gasteiger partial charge on any atom is -0.496 e. The van der Waals surface area contributed by atoms with E-state index in [0.29, 0.717) is 24.6 Å². The van der Waals surface area contributed by atoms with Gasteiger partial charge in [0, 0.05) is 13.5 Å². The van der Waals surface area contributed by atoms with Gasteiger partial charge in [-0.3, -0.25) is 9.59 Å². The number of methoxy groups -OCH3 is 2. The summed E-state index contributed by atoms with van der Waals surface area (Å²) in [5, 5.41) is 0. The third-order valence-corrected chi connectivity index (χ3v) is 7.89. The van der Waals surface area contributed by atoms with E-state index in [1.807, 2.05) is 20.8 Å². The van der Waals surface area contributed by atoms with Gasteiger partial charge in [-0.05, 0) is 48.2 Å². The van der Waals surface area contributed by atoms with E-state index in [1.165, 1.54) is 32.4 Å². The van der Waals surface area contributed by atoms with Crippen LogP contribution < -0.4 is 9.47 Å². The fourth-order valence-corrected chi connectivity index (χ4v) is 6.54. The summed E-state index contributed by atoms with van der Waals surface area (Å²) in [4.78, 5) is 27.5. The lowest BCUT2D eigenvalue weighted by Crippen LogP contribution is -2.23. The van der Waals surface area contributed by atoms with Gasteiger partial charge in [-0.15, -0.1) is 0 Å². The smallest absolute Gasteiger partial charge is 0.417 e. The van der Waals surface area contributed by atoms with E-state index in [0.717, 1.165) is 0 Å². The SMILES string of the molecule is COc1cccc(OC)c1C(=O)P(CC(C)CC(C)(C)C)C(=O)c1c(C(F)(F)F)cccc1C(F)(F)F. The maximum Gasteiger partial charge on any atom is 0.417 e. The number of halogens is 6. The molecule has 0 heterocycles. The van der Waals surface area contributed by atoms with Crippen molar-refractivity contribution in [2.75, 3.05) is 20.4 Å². The van der Waals surface area contributed by atoms with Crippen molar-refractivity contribution < 1.29 is 45.4 Å². The van der Waals surface area contributed by atoms with E-state index < -0.39 is 48.0 Å². The van der Waals surface area contributed by atoms with E-state index in [-0.39, 0.29) is 34.6 Å². The third-order valence-electron chi connectivity index (χ3n) is 5.48. The van der Waals surface area contributed by atoms with Gasteiger partial charge in [0.05, 0.1) is 25.3 Å². The third kappa shape index (κ3) is 7.46. The summed E-state index contributed by atoms with van der Waals surface area (Å²) in [6, 6.07) is 5.74. The van der Waals surface area contributed by atoms with Gasteiger partial charge in [0.25, 0.3) is 0 Å². The number of carbonyl (C=O) groups excluding carboxylic acids is 2. The van der Waals surface area contributed by atoms with Crippen LogP contribution >= 0.6 is 7.92 Å². The molecule has 0 aromatic heterocycles. The molecule has 0 saturated carbocycles. The molecule has 0 spiro atoms. The van der Waals surface area contributed by atoms with E-state index in [9.17, 15) is 35.9 Å². The molecule has 2 aromatic carbocycles. The van der Waals surface area contributed by atoms with Crippen LogP contribution in [0.1, 0.15) is 66.0 Å². The number of hydrogen-bond donors (Lipinski definition) is 0. The maximum atomic E-state index is 13.8. The van der Waals surface area contributed by atoms with Crippen LogP contribution in [0.3, 0.4) is 0 Å². The zero-order valence-corrected chi connectivity index (χ0v) is 22.2. The highest BCUT2D eigenvalue weighted by Gasteiger charge is 2.46. The second-order valence-corrected chi connectivity index (χ2v) is 11.9. The van der Waals surface area contributed by atoms with Crippen LogP contribution in [-0.4, -0.2) is 31.4 Å². The highest BCUT2D eigenvalue weighted by Crippen LogP contribution is 2.52. The number of carbonyl (C=O) groups is 2. The average molecular weight is 550 g/mol. The highest BCUT2D eigenvalue weighted by atomic mass is 31.1. The van der Waals surface area contributed by atoms with Crippen molar-refractivity contribution in [3.8, 4) is 11.5 Å². The van der Waals surface area contributed by atoms with E-state index >= 15 is 0 Å².